The highest BCUT2D eigenvalue weighted by Crippen LogP contribution is 2.38. The first-order chi connectivity index (χ1) is 10.7. The maximum absolute atomic E-state index is 11.9. The van der Waals surface area contributed by atoms with E-state index in [2.05, 4.69) is 17.0 Å². The van der Waals surface area contributed by atoms with Crippen LogP contribution >= 0.6 is 0 Å². The Morgan fingerprint density at radius 1 is 1.27 bits per heavy atom. The lowest BCUT2D eigenvalue weighted by Crippen LogP contribution is -2.37. The van der Waals surface area contributed by atoms with Crippen LogP contribution < -0.4 is 14.5 Å². The molecule has 4 rings (SSSR count). The third-order valence-electron chi connectivity index (χ3n) is 4.48. The van der Waals surface area contributed by atoms with Crippen LogP contribution in [0.2, 0.25) is 0 Å². The molecule has 1 aromatic rings. The third kappa shape index (κ3) is 2.54. The first-order valence-electron chi connectivity index (χ1n) is 8.14. The average Bonchev–Trinajstić information content (AvgIpc) is 3.16. The zero-order valence-corrected chi connectivity index (χ0v) is 13.5. The number of amides is 1. The van der Waals surface area contributed by atoms with Crippen LogP contribution in [0.15, 0.2) is 18.2 Å². The number of ether oxygens (including phenoxy) is 2. The van der Waals surface area contributed by atoms with Crippen molar-refractivity contribution in [3.8, 4) is 5.75 Å². The molecular formula is C17H24N2O3. The molecule has 3 heterocycles. The summed E-state index contributed by atoms with van der Waals surface area (Å²) in [6.45, 7) is 6.22. The highest BCUT2D eigenvalue weighted by atomic mass is 16.5. The summed E-state index contributed by atoms with van der Waals surface area (Å²) >= 11 is 0. The van der Waals surface area contributed by atoms with E-state index in [1.807, 2.05) is 27.0 Å². The summed E-state index contributed by atoms with van der Waals surface area (Å²) in [6, 6.07) is 6.61. The van der Waals surface area contributed by atoms with Crippen LogP contribution in [0.25, 0.3) is 0 Å². The molecule has 3 aliphatic heterocycles. The van der Waals surface area contributed by atoms with E-state index in [1.54, 1.807) is 4.90 Å². The fourth-order valence-corrected chi connectivity index (χ4v) is 3.33. The molecule has 5 nitrogen and oxygen atoms in total. The maximum Gasteiger partial charge on any atom is 0.230 e. The van der Waals surface area contributed by atoms with E-state index in [0.29, 0.717) is 25.2 Å². The number of nitrogens with zero attached hydrogens (tertiary/aromatic N) is 2. The van der Waals surface area contributed by atoms with Crippen LogP contribution in [-0.2, 0) is 9.53 Å². The molecule has 0 N–H and O–H groups in total. The van der Waals surface area contributed by atoms with Crippen molar-refractivity contribution < 1.29 is 14.3 Å². The molecule has 0 unspecified atom stereocenters. The topological polar surface area (TPSA) is 42.0 Å². The molecule has 0 aromatic heterocycles. The van der Waals surface area contributed by atoms with Gasteiger partial charge >= 0.3 is 0 Å². The Bertz CT molecular complexity index is 561. The Labute approximate surface area is 131 Å². The number of fused-ring (bicyclic) bond motifs is 3. The van der Waals surface area contributed by atoms with Crippen LogP contribution in [0.1, 0.15) is 26.7 Å². The lowest BCUT2D eigenvalue weighted by atomic mass is 10.2. The summed E-state index contributed by atoms with van der Waals surface area (Å²) in [4.78, 5) is 16.0. The minimum absolute atomic E-state index is 0.104. The molecule has 0 aliphatic carbocycles. The Kier molecular flexibility index (Phi) is 4.25. The molecule has 5 heteroatoms. The van der Waals surface area contributed by atoms with E-state index >= 15 is 0 Å². The van der Waals surface area contributed by atoms with Gasteiger partial charge in [0.2, 0.25) is 5.91 Å². The molecule has 3 aliphatic rings. The van der Waals surface area contributed by atoms with Gasteiger partial charge in [-0.3, -0.25) is 4.79 Å². The van der Waals surface area contributed by atoms with E-state index in [-0.39, 0.29) is 5.91 Å². The van der Waals surface area contributed by atoms with Crippen molar-refractivity contribution in [3.05, 3.63) is 18.2 Å². The molecule has 0 saturated carbocycles. The largest absolute Gasteiger partial charge is 0.491 e. The van der Waals surface area contributed by atoms with Crippen LogP contribution in [0.3, 0.4) is 0 Å². The zero-order valence-electron chi connectivity index (χ0n) is 13.5. The molecule has 120 valence electrons. The predicted molar refractivity (Wildman–Crippen MR) is 86.8 cm³/mol. The van der Waals surface area contributed by atoms with Gasteiger partial charge in [0.1, 0.15) is 5.75 Å². The third-order valence-corrected chi connectivity index (χ3v) is 4.48. The van der Waals surface area contributed by atoms with Crippen molar-refractivity contribution in [2.24, 2.45) is 0 Å². The fourth-order valence-electron chi connectivity index (χ4n) is 3.33. The molecule has 2 bridgehead atoms. The van der Waals surface area contributed by atoms with Crippen LogP contribution in [0.4, 0.5) is 11.4 Å². The summed E-state index contributed by atoms with van der Waals surface area (Å²) in [5, 5.41) is 0. The first-order valence-corrected chi connectivity index (χ1v) is 8.14. The minimum atomic E-state index is 0.104. The van der Waals surface area contributed by atoms with Crippen molar-refractivity contribution >= 4 is 17.3 Å². The van der Waals surface area contributed by atoms with Gasteiger partial charge in [-0.05, 0) is 24.6 Å². The lowest BCUT2D eigenvalue weighted by Gasteiger charge is -2.30. The van der Waals surface area contributed by atoms with E-state index < -0.39 is 0 Å². The van der Waals surface area contributed by atoms with Gasteiger partial charge in [-0.1, -0.05) is 13.8 Å². The Balaban J connectivity index is 0.000000693. The first kappa shape index (κ1) is 15.2. The van der Waals surface area contributed by atoms with E-state index in [0.717, 1.165) is 36.7 Å². The Morgan fingerprint density at radius 2 is 2.09 bits per heavy atom. The standard InChI is InChI=1S/C15H18N2O3.C2H6/c1-16-13-7-10(17-8-12-6-11(17)9-20-12)2-3-14(13)19-5-4-15(16)18;1-2/h2-3,7,11-12H,4-6,8-9H2,1H3;1-2H3/t11-,12-;/m0./s1. The van der Waals surface area contributed by atoms with E-state index in [9.17, 15) is 4.79 Å². The summed E-state index contributed by atoms with van der Waals surface area (Å²) < 4.78 is 11.3. The van der Waals surface area contributed by atoms with Crippen LogP contribution in [0, 0.1) is 0 Å². The Morgan fingerprint density at radius 3 is 2.77 bits per heavy atom. The van der Waals surface area contributed by atoms with Crippen molar-refractivity contribution in [3.63, 3.8) is 0 Å². The predicted octanol–water partition coefficient (Wildman–Crippen LogP) is 2.44. The van der Waals surface area contributed by atoms with Crippen molar-refractivity contribution in [1.82, 2.24) is 0 Å². The molecule has 0 spiro atoms. The molecule has 2 saturated heterocycles. The number of benzene rings is 1. The van der Waals surface area contributed by atoms with Crippen molar-refractivity contribution in [1.29, 1.82) is 0 Å². The average molecular weight is 304 g/mol. The number of carbonyl (C=O) groups excluding carboxylic acids is 1. The fraction of sp³-hybridized carbons (Fsp3) is 0.588. The summed E-state index contributed by atoms with van der Waals surface area (Å²) in [7, 11) is 1.82. The van der Waals surface area contributed by atoms with Crippen LogP contribution in [0.5, 0.6) is 5.75 Å². The SMILES string of the molecule is CC.CN1C(=O)CCOc2ccc(N3C[C@@H]4C[C@H]3CO4)cc21. The quantitative estimate of drug-likeness (QED) is 0.799. The number of anilines is 2. The molecule has 0 radical (unpaired) electrons. The summed E-state index contributed by atoms with van der Waals surface area (Å²) in [5.41, 5.74) is 2.03. The molecule has 2 fully saturated rings. The Hall–Kier alpha value is -1.75. The second kappa shape index (κ2) is 6.16. The minimum Gasteiger partial charge on any atom is -0.491 e. The molecular weight excluding hydrogens is 280 g/mol. The van der Waals surface area contributed by atoms with Gasteiger partial charge in [-0.15, -0.1) is 0 Å². The normalized spacial score (nSPS) is 26.0. The van der Waals surface area contributed by atoms with Gasteiger partial charge in [0.15, 0.2) is 0 Å². The van der Waals surface area contributed by atoms with Gasteiger partial charge in [-0.2, -0.15) is 0 Å². The molecule has 1 aromatic carbocycles. The smallest absolute Gasteiger partial charge is 0.230 e. The summed E-state index contributed by atoms with van der Waals surface area (Å²) in [5.74, 6) is 0.898. The zero-order chi connectivity index (χ0) is 15.7. The van der Waals surface area contributed by atoms with Gasteiger partial charge in [0.25, 0.3) is 0 Å². The highest BCUT2D eigenvalue weighted by Gasteiger charge is 2.39. The van der Waals surface area contributed by atoms with Gasteiger partial charge in [-0.25, -0.2) is 0 Å². The number of rotatable bonds is 1. The van der Waals surface area contributed by atoms with E-state index in [1.165, 1.54) is 0 Å². The second-order valence-corrected chi connectivity index (χ2v) is 5.70. The van der Waals surface area contributed by atoms with E-state index in [4.69, 9.17) is 9.47 Å². The molecule has 22 heavy (non-hydrogen) atoms. The van der Waals surface area contributed by atoms with Gasteiger partial charge in [0, 0.05) is 19.3 Å². The number of hydrogen-bond acceptors (Lipinski definition) is 4. The maximum atomic E-state index is 11.9. The van der Waals surface area contributed by atoms with Crippen LogP contribution in [-0.4, -0.2) is 44.9 Å². The molecule has 1 amide bonds. The summed E-state index contributed by atoms with van der Waals surface area (Å²) in [6.07, 6.45) is 1.92. The van der Waals surface area contributed by atoms with Crippen molar-refractivity contribution in [2.75, 3.05) is 36.6 Å². The monoisotopic (exact) mass is 304 g/mol. The molecule has 2 atom stereocenters. The lowest BCUT2D eigenvalue weighted by molar-refractivity contribution is -0.118. The van der Waals surface area contributed by atoms with Crippen molar-refractivity contribution in [2.45, 2.75) is 38.8 Å². The highest BCUT2D eigenvalue weighted by molar-refractivity contribution is 5.95. The van der Waals surface area contributed by atoms with Gasteiger partial charge in [0.05, 0.1) is 37.5 Å². The number of morpholine rings is 1. The second-order valence-electron chi connectivity index (χ2n) is 5.70. The van der Waals surface area contributed by atoms with Gasteiger partial charge < -0.3 is 19.3 Å². The number of hydrogen-bond donors (Lipinski definition) is 0. The number of carbonyl (C=O) groups is 1.